The average molecular weight is 552 g/mol. The van der Waals surface area contributed by atoms with Crippen molar-refractivity contribution in [1.29, 1.82) is 0 Å². The molecule has 206 valence electrons. The van der Waals surface area contributed by atoms with Crippen LogP contribution in [0.3, 0.4) is 0 Å². The summed E-state index contributed by atoms with van der Waals surface area (Å²) >= 11 is 0. The number of ether oxygens (including phenoxy) is 2. The van der Waals surface area contributed by atoms with Crippen molar-refractivity contribution in [1.82, 2.24) is 5.32 Å². The fraction of sp³-hybridized carbons (Fsp3) is 0.310. The van der Waals surface area contributed by atoms with Gasteiger partial charge in [0.2, 0.25) is 5.91 Å². The SMILES string of the molecule is COc1ccc(C)cc1N(CC(=O)Nc1ccccc1C(=O)NC[C@@H]1CCCO1)S(=O)(=O)c1ccc(C)cc1. The van der Waals surface area contributed by atoms with Gasteiger partial charge in [0.1, 0.15) is 12.3 Å². The number of nitrogens with zero attached hydrogens (tertiary/aromatic N) is 1. The summed E-state index contributed by atoms with van der Waals surface area (Å²) in [6.45, 7) is 4.20. The highest BCUT2D eigenvalue weighted by atomic mass is 32.2. The van der Waals surface area contributed by atoms with Crippen LogP contribution in [0.15, 0.2) is 71.6 Å². The van der Waals surface area contributed by atoms with Gasteiger partial charge in [-0.15, -0.1) is 0 Å². The maximum Gasteiger partial charge on any atom is 0.264 e. The lowest BCUT2D eigenvalue weighted by Crippen LogP contribution is -2.39. The van der Waals surface area contributed by atoms with E-state index in [-0.39, 0.29) is 33.8 Å². The van der Waals surface area contributed by atoms with Crippen molar-refractivity contribution in [2.24, 2.45) is 0 Å². The first kappa shape index (κ1) is 28.1. The Morgan fingerprint density at radius 2 is 1.74 bits per heavy atom. The second-order valence-electron chi connectivity index (χ2n) is 9.44. The lowest BCUT2D eigenvalue weighted by atomic mass is 10.1. The molecule has 0 aromatic heterocycles. The van der Waals surface area contributed by atoms with Crippen LogP contribution in [0.1, 0.15) is 34.3 Å². The Morgan fingerprint density at radius 1 is 1.03 bits per heavy atom. The van der Waals surface area contributed by atoms with Crippen molar-refractivity contribution >= 4 is 33.2 Å². The Bertz CT molecular complexity index is 1430. The van der Waals surface area contributed by atoms with Crippen molar-refractivity contribution in [2.45, 2.75) is 37.7 Å². The number of aryl methyl sites for hydroxylation is 2. The molecule has 9 nitrogen and oxygen atoms in total. The molecule has 0 aliphatic carbocycles. The molecular weight excluding hydrogens is 518 g/mol. The third kappa shape index (κ3) is 6.76. The third-order valence-corrected chi connectivity index (χ3v) is 8.23. The lowest BCUT2D eigenvalue weighted by molar-refractivity contribution is -0.114. The molecule has 10 heteroatoms. The third-order valence-electron chi connectivity index (χ3n) is 6.46. The molecule has 0 radical (unpaired) electrons. The van der Waals surface area contributed by atoms with Gasteiger partial charge in [0, 0.05) is 13.2 Å². The van der Waals surface area contributed by atoms with Crippen molar-refractivity contribution < 1.29 is 27.5 Å². The van der Waals surface area contributed by atoms with Crippen LogP contribution in [-0.4, -0.2) is 53.1 Å². The zero-order valence-electron chi connectivity index (χ0n) is 22.3. The van der Waals surface area contributed by atoms with Crippen molar-refractivity contribution in [3.8, 4) is 5.75 Å². The molecule has 0 unspecified atom stereocenters. The second-order valence-corrected chi connectivity index (χ2v) is 11.3. The van der Waals surface area contributed by atoms with E-state index in [9.17, 15) is 18.0 Å². The molecule has 1 heterocycles. The smallest absolute Gasteiger partial charge is 0.264 e. The molecule has 3 aromatic carbocycles. The second kappa shape index (κ2) is 12.3. The molecule has 1 saturated heterocycles. The predicted molar refractivity (Wildman–Crippen MR) is 150 cm³/mol. The predicted octanol–water partition coefficient (Wildman–Crippen LogP) is 4.05. The van der Waals surface area contributed by atoms with Crippen LogP contribution < -0.4 is 19.7 Å². The molecule has 1 fully saturated rings. The van der Waals surface area contributed by atoms with Crippen LogP contribution in [0, 0.1) is 13.8 Å². The molecule has 1 aliphatic rings. The van der Waals surface area contributed by atoms with E-state index in [1.54, 1.807) is 54.6 Å². The minimum Gasteiger partial charge on any atom is -0.495 e. The molecule has 2 N–H and O–H groups in total. The minimum atomic E-state index is -4.15. The van der Waals surface area contributed by atoms with Gasteiger partial charge < -0.3 is 20.1 Å². The molecule has 2 amide bonds. The quantitative estimate of drug-likeness (QED) is 0.393. The molecule has 0 saturated carbocycles. The zero-order valence-corrected chi connectivity index (χ0v) is 23.1. The molecule has 39 heavy (non-hydrogen) atoms. The van der Waals surface area contributed by atoms with Gasteiger partial charge in [0.05, 0.1) is 35.0 Å². The highest BCUT2D eigenvalue weighted by Gasteiger charge is 2.30. The zero-order chi connectivity index (χ0) is 28.0. The number of benzene rings is 3. The number of hydrogen-bond donors (Lipinski definition) is 2. The highest BCUT2D eigenvalue weighted by molar-refractivity contribution is 7.92. The molecular formula is C29H33N3O6S. The van der Waals surface area contributed by atoms with Gasteiger partial charge in [-0.3, -0.25) is 13.9 Å². The Kier molecular flexibility index (Phi) is 8.88. The highest BCUT2D eigenvalue weighted by Crippen LogP contribution is 2.33. The Hall–Kier alpha value is -3.89. The number of anilines is 2. The topological polar surface area (TPSA) is 114 Å². The van der Waals surface area contributed by atoms with E-state index in [4.69, 9.17) is 9.47 Å². The summed E-state index contributed by atoms with van der Waals surface area (Å²) in [6.07, 6.45) is 1.81. The summed E-state index contributed by atoms with van der Waals surface area (Å²) in [4.78, 5) is 26.3. The Morgan fingerprint density at radius 3 is 2.44 bits per heavy atom. The number of hydrogen-bond acceptors (Lipinski definition) is 6. The first-order valence-corrected chi connectivity index (χ1v) is 14.2. The van der Waals surface area contributed by atoms with Crippen molar-refractivity contribution in [2.75, 3.05) is 36.4 Å². The van der Waals surface area contributed by atoms with E-state index in [1.165, 1.54) is 19.2 Å². The molecule has 3 aromatic rings. The van der Waals surface area contributed by atoms with Gasteiger partial charge in [-0.2, -0.15) is 0 Å². The van der Waals surface area contributed by atoms with E-state index in [0.717, 1.165) is 28.3 Å². The van der Waals surface area contributed by atoms with Crippen LogP contribution in [0.25, 0.3) is 0 Å². The number of carbonyl (C=O) groups is 2. The molecule has 4 rings (SSSR count). The van der Waals surface area contributed by atoms with Crippen LogP contribution in [-0.2, 0) is 19.6 Å². The standard InChI is InChI=1S/C29H33N3O6S/c1-20-10-13-23(14-11-20)39(35,36)32(26-17-21(2)12-15-27(26)37-3)19-28(33)31-25-9-5-4-8-24(25)29(34)30-18-22-7-6-16-38-22/h4-5,8-15,17,22H,6-7,16,18-19H2,1-3H3,(H,30,34)(H,31,33)/t22-/m0/s1. The Labute approximate surface area is 229 Å². The van der Waals surface area contributed by atoms with Crippen molar-refractivity contribution in [3.05, 3.63) is 83.4 Å². The van der Waals surface area contributed by atoms with Gasteiger partial charge in [0.15, 0.2) is 0 Å². The Balaban J connectivity index is 1.61. The summed E-state index contributed by atoms with van der Waals surface area (Å²) in [7, 11) is -2.71. The number of rotatable bonds is 10. The number of sulfonamides is 1. The number of para-hydroxylation sites is 1. The maximum atomic E-state index is 13.8. The van der Waals surface area contributed by atoms with Gasteiger partial charge in [0.25, 0.3) is 15.9 Å². The number of amides is 2. The van der Waals surface area contributed by atoms with Crippen molar-refractivity contribution in [3.63, 3.8) is 0 Å². The number of nitrogens with one attached hydrogen (secondary N) is 2. The fourth-order valence-electron chi connectivity index (χ4n) is 4.35. The van der Waals surface area contributed by atoms with Gasteiger partial charge in [-0.05, 0) is 68.7 Å². The van der Waals surface area contributed by atoms with Gasteiger partial charge in [-0.25, -0.2) is 8.42 Å². The summed E-state index contributed by atoms with van der Waals surface area (Å²) in [6, 6.07) is 18.1. The average Bonchev–Trinajstić information content (AvgIpc) is 3.45. The molecule has 0 spiro atoms. The summed E-state index contributed by atoms with van der Waals surface area (Å²) in [5, 5.41) is 5.58. The van der Waals surface area contributed by atoms with E-state index in [2.05, 4.69) is 10.6 Å². The molecule has 1 aliphatic heterocycles. The summed E-state index contributed by atoms with van der Waals surface area (Å²) < 4.78 is 39.7. The van der Waals surface area contributed by atoms with Gasteiger partial charge in [-0.1, -0.05) is 35.9 Å². The first-order valence-electron chi connectivity index (χ1n) is 12.7. The van der Waals surface area contributed by atoms with E-state index in [1.807, 2.05) is 13.8 Å². The van der Waals surface area contributed by atoms with E-state index >= 15 is 0 Å². The van der Waals surface area contributed by atoms with Crippen LogP contribution >= 0.6 is 0 Å². The minimum absolute atomic E-state index is 0.0273. The van der Waals surface area contributed by atoms with E-state index < -0.39 is 22.5 Å². The van der Waals surface area contributed by atoms with E-state index in [0.29, 0.717) is 18.9 Å². The largest absolute Gasteiger partial charge is 0.495 e. The summed E-state index contributed by atoms with van der Waals surface area (Å²) in [5.41, 5.74) is 2.47. The van der Waals surface area contributed by atoms with Gasteiger partial charge >= 0.3 is 0 Å². The van der Waals surface area contributed by atoms with Crippen LogP contribution in [0.5, 0.6) is 5.75 Å². The number of carbonyl (C=O) groups excluding carboxylic acids is 2. The number of methoxy groups -OCH3 is 1. The lowest BCUT2D eigenvalue weighted by Gasteiger charge is -2.26. The fourth-order valence-corrected chi connectivity index (χ4v) is 5.77. The summed E-state index contributed by atoms with van der Waals surface area (Å²) in [5.74, 6) is -0.669. The first-order chi connectivity index (χ1) is 18.7. The van der Waals surface area contributed by atoms with Crippen LogP contribution in [0.2, 0.25) is 0 Å². The monoisotopic (exact) mass is 551 g/mol. The normalized spacial score (nSPS) is 15.0. The maximum absolute atomic E-state index is 13.8. The van der Waals surface area contributed by atoms with Crippen LogP contribution in [0.4, 0.5) is 11.4 Å². The molecule has 1 atom stereocenters. The molecule has 0 bridgehead atoms.